The number of aliphatic hydroxyl groups is 1. The Morgan fingerprint density at radius 2 is 2.25 bits per heavy atom. The first-order valence-electron chi connectivity index (χ1n) is 6.76. The smallest absolute Gasteiger partial charge is 0.254 e. The van der Waals surface area contributed by atoms with E-state index >= 15 is 0 Å². The van der Waals surface area contributed by atoms with E-state index in [1.165, 1.54) is 24.6 Å². The molecular weight excluding hydrogens is 257 g/mol. The van der Waals surface area contributed by atoms with Gasteiger partial charge in [0.1, 0.15) is 12.4 Å². The van der Waals surface area contributed by atoms with Crippen LogP contribution in [0.3, 0.4) is 0 Å². The van der Waals surface area contributed by atoms with Gasteiger partial charge < -0.3 is 10.0 Å². The Bertz CT molecular complexity index is 555. The minimum Gasteiger partial charge on any atom is -0.384 e. The fourth-order valence-electron chi connectivity index (χ4n) is 2.29. The summed E-state index contributed by atoms with van der Waals surface area (Å²) >= 11 is 0. The Labute approximate surface area is 118 Å². The van der Waals surface area contributed by atoms with E-state index in [4.69, 9.17) is 5.11 Å². The Morgan fingerprint density at radius 3 is 2.85 bits per heavy atom. The largest absolute Gasteiger partial charge is 0.384 e. The van der Waals surface area contributed by atoms with Crippen molar-refractivity contribution in [3.63, 3.8) is 0 Å². The van der Waals surface area contributed by atoms with Crippen molar-refractivity contribution in [2.75, 3.05) is 20.2 Å². The molecule has 0 radical (unpaired) electrons. The number of rotatable bonds is 3. The maximum Gasteiger partial charge on any atom is 0.254 e. The lowest BCUT2D eigenvalue weighted by Crippen LogP contribution is -2.34. The van der Waals surface area contributed by atoms with Crippen LogP contribution in [0.5, 0.6) is 0 Å². The van der Waals surface area contributed by atoms with E-state index in [1.54, 1.807) is 11.9 Å². The zero-order valence-electron chi connectivity index (χ0n) is 11.5. The number of nitrogens with zero attached hydrogens (tertiary/aromatic N) is 1. The average molecular weight is 275 g/mol. The fourth-order valence-corrected chi connectivity index (χ4v) is 2.29. The van der Waals surface area contributed by atoms with Gasteiger partial charge in [0.15, 0.2) is 0 Å². The molecule has 1 N–H and O–H groups in total. The van der Waals surface area contributed by atoms with Gasteiger partial charge in [0.05, 0.1) is 5.56 Å². The third-order valence-corrected chi connectivity index (χ3v) is 3.62. The van der Waals surface area contributed by atoms with E-state index < -0.39 is 5.82 Å². The zero-order chi connectivity index (χ0) is 14.5. The minimum absolute atomic E-state index is 0.154. The van der Waals surface area contributed by atoms with E-state index in [0.717, 1.165) is 19.4 Å². The van der Waals surface area contributed by atoms with Crippen LogP contribution in [-0.2, 0) is 0 Å². The normalized spacial score (nSPS) is 14.2. The highest BCUT2D eigenvalue weighted by atomic mass is 19.1. The molecule has 0 saturated heterocycles. The second-order valence-corrected chi connectivity index (χ2v) is 5.13. The topological polar surface area (TPSA) is 40.5 Å². The van der Waals surface area contributed by atoms with Crippen LogP contribution in [0.25, 0.3) is 0 Å². The molecule has 0 spiro atoms. The molecule has 1 amide bonds. The third-order valence-electron chi connectivity index (χ3n) is 3.62. The summed E-state index contributed by atoms with van der Waals surface area (Å²) in [5, 5.41) is 8.73. The summed E-state index contributed by atoms with van der Waals surface area (Å²) in [7, 11) is 1.76. The van der Waals surface area contributed by atoms with Gasteiger partial charge in [-0.05, 0) is 37.0 Å². The Kier molecular flexibility index (Phi) is 4.75. The second kappa shape index (κ2) is 6.53. The third kappa shape index (κ3) is 3.37. The summed E-state index contributed by atoms with van der Waals surface area (Å²) in [4.78, 5) is 14.1. The lowest BCUT2D eigenvalue weighted by Gasteiger charge is -2.30. The predicted molar refractivity (Wildman–Crippen MR) is 74.7 cm³/mol. The van der Waals surface area contributed by atoms with Gasteiger partial charge in [0.25, 0.3) is 5.91 Å². The first-order valence-corrected chi connectivity index (χ1v) is 6.76. The van der Waals surface area contributed by atoms with Crippen molar-refractivity contribution in [1.82, 2.24) is 4.90 Å². The van der Waals surface area contributed by atoms with Crippen molar-refractivity contribution in [2.45, 2.75) is 19.3 Å². The van der Waals surface area contributed by atoms with Gasteiger partial charge in [-0.15, -0.1) is 0 Å². The lowest BCUT2D eigenvalue weighted by atomic mass is 9.85. The number of carbonyl (C=O) groups is 1. The van der Waals surface area contributed by atoms with E-state index in [2.05, 4.69) is 11.8 Å². The number of carbonyl (C=O) groups excluding carboxylic acids is 1. The molecule has 2 rings (SSSR count). The zero-order valence-corrected chi connectivity index (χ0v) is 11.5. The summed E-state index contributed by atoms with van der Waals surface area (Å²) in [6.45, 7) is 0.408. The van der Waals surface area contributed by atoms with Crippen LogP contribution in [0, 0.1) is 23.6 Å². The van der Waals surface area contributed by atoms with Crippen molar-refractivity contribution in [2.24, 2.45) is 5.92 Å². The van der Waals surface area contributed by atoms with Crippen molar-refractivity contribution in [1.29, 1.82) is 0 Å². The molecule has 4 heteroatoms. The van der Waals surface area contributed by atoms with E-state index in [1.807, 2.05) is 0 Å². The number of hydrogen-bond acceptors (Lipinski definition) is 2. The first kappa shape index (κ1) is 14.5. The van der Waals surface area contributed by atoms with Gasteiger partial charge in [-0.1, -0.05) is 18.3 Å². The van der Waals surface area contributed by atoms with E-state index in [-0.39, 0.29) is 12.5 Å². The van der Waals surface area contributed by atoms with Gasteiger partial charge in [0.2, 0.25) is 0 Å². The monoisotopic (exact) mass is 275 g/mol. The molecule has 0 heterocycles. The molecule has 1 aliphatic rings. The molecule has 20 heavy (non-hydrogen) atoms. The van der Waals surface area contributed by atoms with Crippen molar-refractivity contribution in [3.05, 3.63) is 35.1 Å². The van der Waals surface area contributed by atoms with Gasteiger partial charge in [-0.3, -0.25) is 4.79 Å². The molecule has 0 unspecified atom stereocenters. The molecule has 1 fully saturated rings. The summed E-state index contributed by atoms with van der Waals surface area (Å²) < 4.78 is 13.3. The number of halogens is 1. The van der Waals surface area contributed by atoms with Crippen LogP contribution in [0.2, 0.25) is 0 Å². The lowest BCUT2D eigenvalue weighted by molar-refractivity contribution is 0.0745. The van der Waals surface area contributed by atoms with Crippen molar-refractivity contribution < 1.29 is 14.3 Å². The number of hydrogen-bond donors (Lipinski definition) is 1. The maximum atomic E-state index is 13.3. The molecule has 1 saturated carbocycles. The molecule has 0 bridgehead atoms. The van der Waals surface area contributed by atoms with Crippen LogP contribution in [-0.4, -0.2) is 36.1 Å². The quantitative estimate of drug-likeness (QED) is 0.858. The van der Waals surface area contributed by atoms with Crippen LogP contribution in [0.15, 0.2) is 18.2 Å². The molecule has 106 valence electrons. The Morgan fingerprint density at radius 1 is 1.50 bits per heavy atom. The highest BCUT2D eigenvalue weighted by molar-refractivity contribution is 5.96. The van der Waals surface area contributed by atoms with Crippen LogP contribution < -0.4 is 0 Å². The second-order valence-electron chi connectivity index (χ2n) is 5.13. The summed E-state index contributed by atoms with van der Waals surface area (Å²) in [6.07, 6.45) is 3.56. The first-order chi connectivity index (χ1) is 9.61. The summed E-state index contributed by atoms with van der Waals surface area (Å²) in [5.41, 5.74) is 0.707. The van der Waals surface area contributed by atoms with Gasteiger partial charge in [-0.25, -0.2) is 4.39 Å². The van der Waals surface area contributed by atoms with E-state index in [9.17, 15) is 9.18 Å². The molecule has 0 atom stereocenters. The Balaban J connectivity index is 2.19. The van der Waals surface area contributed by atoms with Gasteiger partial charge in [-0.2, -0.15) is 0 Å². The van der Waals surface area contributed by atoms with Crippen molar-refractivity contribution >= 4 is 5.91 Å². The molecule has 1 aromatic carbocycles. The van der Waals surface area contributed by atoms with Crippen molar-refractivity contribution in [3.8, 4) is 11.8 Å². The molecule has 0 aromatic heterocycles. The summed E-state index contributed by atoms with van der Waals surface area (Å²) in [5.74, 6) is 5.08. The molecular formula is C16H18FNO2. The summed E-state index contributed by atoms with van der Waals surface area (Å²) in [6, 6.07) is 3.94. The molecule has 1 aromatic rings. The minimum atomic E-state index is -0.439. The van der Waals surface area contributed by atoms with Crippen LogP contribution >= 0.6 is 0 Å². The molecule has 0 aliphatic heterocycles. The fraction of sp³-hybridized carbons (Fsp3) is 0.438. The Hall–Kier alpha value is -1.86. The van der Waals surface area contributed by atoms with Gasteiger partial charge in [0, 0.05) is 19.2 Å². The predicted octanol–water partition coefficient (Wildman–Crippen LogP) is 2.04. The standard InChI is InChI=1S/C16H18FNO2/c1-18(11-12-4-2-5-12)16(20)15-8-7-14(17)10-13(15)6-3-9-19/h7-8,10,12,19H,2,4-5,9,11H2,1H3. The number of amides is 1. The van der Waals surface area contributed by atoms with E-state index in [0.29, 0.717) is 17.0 Å². The molecule has 1 aliphatic carbocycles. The molecule has 3 nitrogen and oxygen atoms in total. The highest BCUT2D eigenvalue weighted by Crippen LogP contribution is 2.27. The average Bonchev–Trinajstić information content (AvgIpc) is 2.39. The van der Waals surface area contributed by atoms with Crippen LogP contribution in [0.1, 0.15) is 35.2 Å². The highest BCUT2D eigenvalue weighted by Gasteiger charge is 2.23. The van der Waals surface area contributed by atoms with Gasteiger partial charge >= 0.3 is 0 Å². The number of benzene rings is 1. The van der Waals surface area contributed by atoms with Crippen LogP contribution in [0.4, 0.5) is 4.39 Å². The number of aliphatic hydroxyl groups excluding tert-OH is 1. The SMILES string of the molecule is CN(CC1CCC1)C(=O)c1ccc(F)cc1C#CCO. The maximum absolute atomic E-state index is 13.3.